The van der Waals surface area contributed by atoms with Crippen molar-refractivity contribution in [2.45, 2.75) is 6.43 Å². The van der Waals surface area contributed by atoms with Crippen LogP contribution in [0.2, 0.25) is 5.15 Å². The van der Waals surface area contributed by atoms with Crippen molar-refractivity contribution in [1.29, 1.82) is 5.26 Å². The Balaban J connectivity index is 3.30. The first-order valence-electron chi connectivity index (χ1n) is 2.85. The average molecular weight is 190 g/mol. The molecule has 0 saturated heterocycles. The number of nitriles is 1. The van der Waals surface area contributed by atoms with Gasteiger partial charge >= 0.3 is 0 Å². The van der Waals surface area contributed by atoms with Crippen molar-refractivity contribution in [3.63, 3.8) is 0 Å². The van der Waals surface area contributed by atoms with Gasteiger partial charge in [0.15, 0.2) is 5.15 Å². The first kappa shape index (κ1) is 8.81. The molecule has 12 heavy (non-hydrogen) atoms. The second-order valence-corrected chi connectivity index (χ2v) is 2.20. The van der Waals surface area contributed by atoms with Crippen LogP contribution in [-0.2, 0) is 0 Å². The van der Waals surface area contributed by atoms with Crippen LogP contribution in [0.5, 0.6) is 0 Å². The van der Waals surface area contributed by atoms with Crippen molar-refractivity contribution in [1.82, 2.24) is 9.97 Å². The Bertz CT molecular complexity index is 334. The maximum Gasteiger partial charge on any atom is 0.281 e. The molecular weight excluding hydrogens is 188 g/mol. The molecule has 0 atom stereocenters. The second-order valence-electron chi connectivity index (χ2n) is 1.84. The summed E-state index contributed by atoms with van der Waals surface area (Å²) < 4.78 is 24.2. The van der Waals surface area contributed by atoms with Crippen LogP contribution in [0.3, 0.4) is 0 Å². The van der Waals surface area contributed by atoms with Crippen molar-refractivity contribution in [2.24, 2.45) is 0 Å². The summed E-state index contributed by atoms with van der Waals surface area (Å²) >= 11 is 5.37. The maximum absolute atomic E-state index is 12.1. The van der Waals surface area contributed by atoms with Gasteiger partial charge < -0.3 is 0 Å². The molecule has 0 aliphatic heterocycles. The lowest BCUT2D eigenvalue weighted by Crippen LogP contribution is -1.97. The molecular formula is C6H2ClF2N3. The van der Waals surface area contributed by atoms with Gasteiger partial charge in [0, 0.05) is 0 Å². The zero-order chi connectivity index (χ0) is 9.14. The zero-order valence-corrected chi connectivity index (χ0v) is 6.39. The predicted octanol–water partition coefficient (Wildman–Crippen LogP) is 1.94. The lowest BCUT2D eigenvalue weighted by atomic mass is 10.2. The van der Waals surface area contributed by atoms with Crippen molar-refractivity contribution in [3.05, 3.63) is 22.7 Å². The normalized spacial score (nSPS) is 9.92. The molecule has 0 spiro atoms. The lowest BCUT2D eigenvalue weighted by Gasteiger charge is -2.00. The van der Waals surface area contributed by atoms with E-state index in [1.54, 1.807) is 0 Å². The molecule has 62 valence electrons. The standard InChI is InChI=1S/C6H2ClF2N3/c7-5-3(1-10)4(6(8)9)11-2-12-5/h2,6H. The number of hydrogen-bond donors (Lipinski definition) is 0. The minimum absolute atomic E-state index is 0.247. The van der Waals surface area contributed by atoms with E-state index in [-0.39, 0.29) is 10.7 Å². The minimum atomic E-state index is -2.81. The Morgan fingerprint density at radius 3 is 2.58 bits per heavy atom. The Kier molecular flexibility index (Phi) is 2.51. The SMILES string of the molecule is N#Cc1c(Cl)ncnc1C(F)F. The molecule has 3 nitrogen and oxygen atoms in total. The van der Waals surface area contributed by atoms with Crippen LogP contribution in [0.15, 0.2) is 6.33 Å². The molecule has 0 fully saturated rings. The van der Waals surface area contributed by atoms with Crippen LogP contribution >= 0.6 is 11.6 Å². The van der Waals surface area contributed by atoms with Gasteiger partial charge in [0.1, 0.15) is 23.7 Å². The smallest absolute Gasteiger partial charge is 0.234 e. The highest BCUT2D eigenvalue weighted by atomic mass is 35.5. The first-order chi connectivity index (χ1) is 5.66. The van der Waals surface area contributed by atoms with Crippen molar-refractivity contribution in [3.8, 4) is 6.07 Å². The highest BCUT2D eigenvalue weighted by molar-refractivity contribution is 6.30. The van der Waals surface area contributed by atoms with Crippen molar-refractivity contribution < 1.29 is 8.78 Å². The second kappa shape index (κ2) is 3.41. The number of halogens is 3. The molecule has 0 aliphatic carbocycles. The van der Waals surface area contributed by atoms with Gasteiger partial charge in [-0.1, -0.05) is 11.6 Å². The van der Waals surface area contributed by atoms with Crippen LogP contribution in [-0.4, -0.2) is 9.97 Å². The van der Waals surface area contributed by atoms with Crippen LogP contribution in [0, 0.1) is 11.3 Å². The Labute approximate surface area is 71.6 Å². The lowest BCUT2D eigenvalue weighted by molar-refractivity contribution is 0.145. The molecule has 0 bridgehead atoms. The fourth-order valence-corrected chi connectivity index (χ4v) is 0.828. The molecule has 6 heteroatoms. The van der Waals surface area contributed by atoms with E-state index < -0.39 is 12.1 Å². The molecule has 0 aromatic carbocycles. The minimum Gasteiger partial charge on any atom is -0.234 e. The van der Waals surface area contributed by atoms with Crippen LogP contribution < -0.4 is 0 Å². The van der Waals surface area contributed by atoms with Gasteiger partial charge in [-0.3, -0.25) is 0 Å². The monoisotopic (exact) mass is 189 g/mol. The fourth-order valence-electron chi connectivity index (χ4n) is 0.645. The third-order valence-corrected chi connectivity index (χ3v) is 1.44. The fraction of sp³-hybridized carbons (Fsp3) is 0.167. The van der Waals surface area contributed by atoms with E-state index in [0.717, 1.165) is 6.33 Å². The van der Waals surface area contributed by atoms with Gasteiger partial charge in [0.25, 0.3) is 6.43 Å². The van der Waals surface area contributed by atoms with Crippen LogP contribution in [0.25, 0.3) is 0 Å². The summed E-state index contributed by atoms with van der Waals surface area (Å²) in [5.41, 5.74) is -0.994. The molecule has 1 aromatic rings. The third kappa shape index (κ3) is 1.48. The van der Waals surface area contributed by atoms with Crippen molar-refractivity contribution in [2.75, 3.05) is 0 Å². The number of nitrogens with zero attached hydrogens (tertiary/aromatic N) is 3. The highest BCUT2D eigenvalue weighted by Crippen LogP contribution is 2.23. The molecule has 0 radical (unpaired) electrons. The van der Waals surface area contributed by atoms with E-state index in [4.69, 9.17) is 16.9 Å². The average Bonchev–Trinajstić information content (AvgIpc) is 2.03. The largest absolute Gasteiger partial charge is 0.281 e. The molecule has 0 amide bonds. The summed E-state index contributed by atoms with van der Waals surface area (Å²) in [6, 6.07) is 1.51. The van der Waals surface area contributed by atoms with Gasteiger partial charge in [-0.15, -0.1) is 0 Å². The Morgan fingerprint density at radius 1 is 1.50 bits per heavy atom. The van der Waals surface area contributed by atoms with E-state index in [1.807, 2.05) is 0 Å². The van der Waals surface area contributed by atoms with Gasteiger partial charge in [0.05, 0.1) is 0 Å². The topological polar surface area (TPSA) is 49.6 Å². The summed E-state index contributed by atoms with van der Waals surface area (Å²) in [5.74, 6) is 0. The molecule has 0 unspecified atom stereocenters. The quantitative estimate of drug-likeness (QED) is 0.635. The van der Waals surface area contributed by atoms with E-state index in [2.05, 4.69) is 9.97 Å². The van der Waals surface area contributed by atoms with Gasteiger partial charge in [-0.05, 0) is 0 Å². The molecule has 0 aliphatic rings. The van der Waals surface area contributed by atoms with E-state index in [9.17, 15) is 8.78 Å². The number of hydrogen-bond acceptors (Lipinski definition) is 3. The molecule has 0 N–H and O–H groups in total. The molecule has 1 aromatic heterocycles. The molecule has 0 saturated carbocycles. The molecule has 1 rings (SSSR count). The Hall–Kier alpha value is -1.28. The summed E-state index contributed by atoms with van der Waals surface area (Å²) in [6.07, 6.45) is -1.91. The van der Waals surface area contributed by atoms with Crippen LogP contribution in [0.1, 0.15) is 17.7 Å². The van der Waals surface area contributed by atoms with E-state index in [1.165, 1.54) is 6.07 Å². The number of aromatic nitrogens is 2. The first-order valence-corrected chi connectivity index (χ1v) is 3.23. The van der Waals surface area contributed by atoms with Crippen molar-refractivity contribution >= 4 is 11.6 Å². The Morgan fingerprint density at radius 2 is 2.17 bits per heavy atom. The zero-order valence-electron chi connectivity index (χ0n) is 5.63. The van der Waals surface area contributed by atoms with Crippen LogP contribution in [0.4, 0.5) is 8.78 Å². The van der Waals surface area contributed by atoms with Gasteiger partial charge in [-0.2, -0.15) is 5.26 Å². The summed E-state index contributed by atoms with van der Waals surface area (Å²) in [7, 11) is 0. The van der Waals surface area contributed by atoms with E-state index in [0.29, 0.717) is 0 Å². The highest BCUT2D eigenvalue weighted by Gasteiger charge is 2.17. The van der Waals surface area contributed by atoms with E-state index >= 15 is 0 Å². The number of alkyl halides is 2. The van der Waals surface area contributed by atoms with Gasteiger partial charge in [0.2, 0.25) is 0 Å². The maximum atomic E-state index is 12.1. The summed E-state index contributed by atoms with van der Waals surface area (Å²) in [6.45, 7) is 0. The summed E-state index contributed by atoms with van der Waals surface area (Å²) in [4.78, 5) is 6.63. The summed E-state index contributed by atoms with van der Waals surface area (Å²) in [5, 5.41) is 8.15. The van der Waals surface area contributed by atoms with Gasteiger partial charge in [-0.25, -0.2) is 18.7 Å². The number of rotatable bonds is 1. The predicted molar refractivity (Wildman–Crippen MR) is 36.7 cm³/mol. The molecule has 1 heterocycles. The third-order valence-electron chi connectivity index (χ3n) is 1.15.